The van der Waals surface area contributed by atoms with E-state index in [2.05, 4.69) is 15.9 Å². The fourth-order valence-corrected chi connectivity index (χ4v) is 1.93. The Morgan fingerprint density at radius 3 is 2.44 bits per heavy atom. The molecule has 0 spiro atoms. The molecule has 0 saturated heterocycles. The van der Waals surface area contributed by atoms with Crippen molar-refractivity contribution < 1.29 is 13.9 Å². The van der Waals surface area contributed by atoms with Crippen molar-refractivity contribution in [3.05, 3.63) is 52.5 Å². The summed E-state index contributed by atoms with van der Waals surface area (Å²) in [5.74, 6) is -1.05. The Balaban J connectivity index is 2.62. The van der Waals surface area contributed by atoms with E-state index in [-0.39, 0.29) is 11.3 Å². The Hall–Kier alpha value is -1.42. The van der Waals surface area contributed by atoms with Crippen molar-refractivity contribution in [3.8, 4) is 16.9 Å². The maximum Gasteiger partial charge on any atom is 0.131 e. The minimum absolute atomic E-state index is 0.00645. The molecule has 1 nitrogen and oxygen atoms in total. The lowest BCUT2D eigenvalue weighted by molar-refractivity contribution is 0.475. The molecule has 1 N–H and O–H groups in total. The Morgan fingerprint density at radius 1 is 1.00 bits per heavy atom. The van der Waals surface area contributed by atoms with E-state index in [1.54, 1.807) is 6.07 Å². The third-order valence-electron chi connectivity index (χ3n) is 2.12. The number of rotatable bonds is 1. The molecule has 2 aromatic rings. The topological polar surface area (TPSA) is 20.2 Å². The molecular weight excluding hydrogens is 278 g/mol. The molecule has 4 heteroatoms. The summed E-state index contributed by atoms with van der Waals surface area (Å²) in [6.07, 6.45) is 0. The molecule has 0 unspecified atom stereocenters. The molecule has 0 atom stereocenters. The van der Waals surface area contributed by atoms with Crippen LogP contribution >= 0.6 is 15.9 Å². The van der Waals surface area contributed by atoms with Gasteiger partial charge in [0.1, 0.15) is 17.4 Å². The van der Waals surface area contributed by atoms with Crippen molar-refractivity contribution in [2.75, 3.05) is 0 Å². The molecule has 0 amide bonds. The van der Waals surface area contributed by atoms with Gasteiger partial charge in [0.05, 0.1) is 0 Å². The lowest BCUT2D eigenvalue weighted by Crippen LogP contribution is -1.86. The second-order valence-electron chi connectivity index (χ2n) is 3.32. The number of benzene rings is 2. The van der Waals surface area contributed by atoms with Crippen molar-refractivity contribution in [1.82, 2.24) is 0 Å². The van der Waals surface area contributed by atoms with E-state index in [0.29, 0.717) is 10.0 Å². The van der Waals surface area contributed by atoms with Crippen molar-refractivity contribution in [3.63, 3.8) is 0 Å². The van der Waals surface area contributed by atoms with Crippen molar-refractivity contribution in [1.29, 1.82) is 0 Å². The fourth-order valence-electron chi connectivity index (χ4n) is 1.45. The van der Waals surface area contributed by atoms with E-state index >= 15 is 0 Å². The predicted molar refractivity (Wildman–Crippen MR) is 61.2 cm³/mol. The molecule has 2 rings (SSSR count). The first-order valence-corrected chi connectivity index (χ1v) is 5.30. The molecule has 0 aliphatic carbocycles. The van der Waals surface area contributed by atoms with Gasteiger partial charge < -0.3 is 5.11 Å². The molecule has 0 aromatic heterocycles. The largest absolute Gasteiger partial charge is 0.508 e. The second-order valence-corrected chi connectivity index (χ2v) is 4.24. The lowest BCUT2D eigenvalue weighted by Gasteiger charge is -2.05. The lowest BCUT2D eigenvalue weighted by atomic mass is 10.0. The quantitative estimate of drug-likeness (QED) is 0.836. The van der Waals surface area contributed by atoms with Gasteiger partial charge in [0, 0.05) is 10.0 Å². The second kappa shape index (κ2) is 4.22. The van der Waals surface area contributed by atoms with Gasteiger partial charge >= 0.3 is 0 Å². The molecular formula is C12H7BrF2O. The number of aromatic hydroxyl groups is 1. The molecule has 0 bridgehead atoms. The summed E-state index contributed by atoms with van der Waals surface area (Å²) in [6, 6.07) is 7.66. The van der Waals surface area contributed by atoms with Gasteiger partial charge in [-0.2, -0.15) is 0 Å². The van der Waals surface area contributed by atoms with Gasteiger partial charge in [-0.25, -0.2) is 8.78 Å². The van der Waals surface area contributed by atoms with E-state index in [9.17, 15) is 13.9 Å². The van der Waals surface area contributed by atoms with Crippen LogP contribution in [0.5, 0.6) is 5.75 Å². The molecule has 0 saturated carbocycles. The molecule has 0 aliphatic heterocycles. The summed E-state index contributed by atoms with van der Waals surface area (Å²) in [7, 11) is 0. The normalized spacial score (nSPS) is 10.4. The highest BCUT2D eigenvalue weighted by Gasteiger charge is 2.08. The summed E-state index contributed by atoms with van der Waals surface area (Å²) in [5.41, 5.74) is 0.542. The van der Waals surface area contributed by atoms with Crippen LogP contribution in [0.25, 0.3) is 11.1 Å². The van der Waals surface area contributed by atoms with Gasteiger partial charge in [-0.05, 0) is 42.0 Å². The Bertz CT molecular complexity index is 520. The zero-order valence-corrected chi connectivity index (χ0v) is 9.63. The highest BCUT2D eigenvalue weighted by Crippen LogP contribution is 2.30. The predicted octanol–water partition coefficient (Wildman–Crippen LogP) is 4.10. The standard InChI is InChI=1S/C12H7BrF2O/c13-8-3-7(4-10(16)5-8)11-6-9(14)1-2-12(11)15/h1-6,16H. The molecule has 82 valence electrons. The van der Waals surface area contributed by atoms with Crippen molar-refractivity contribution in [2.45, 2.75) is 0 Å². The Labute approximate surface area is 99.5 Å². The van der Waals surface area contributed by atoms with Crippen LogP contribution < -0.4 is 0 Å². The van der Waals surface area contributed by atoms with Crippen LogP contribution in [0.4, 0.5) is 8.78 Å². The molecule has 0 fully saturated rings. The minimum atomic E-state index is -0.529. The van der Waals surface area contributed by atoms with Crippen LogP contribution in [-0.2, 0) is 0 Å². The number of halogens is 3. The fraction of sp³-hybridized carbons (Fsp3) is 0. The third-order valence-corrected chi connectivity index (χ3v) is 2.58. The van der Waals surface area contributed by atoms with E-state index in [1.165, 1.54) is 12.1 Å². The van der Waals surface area contributed by atoms with E-state index in [4.69, 9.17) is 0 Å². The zero-order chi connectivity index (χ0) is 11.7. The first-order valence-electron chi connectivity index (χ1n) is 4.51. The van der Waals surface area contributed by atoms with Crippen LogP contribution in [-0.4, -0.2) is 5.11 Å². The van der Waals surface area contributed by atoms with Gasteiger partial charge in [0.2, 0.25) is 0 Å². The van der Waals surface area contributed by atoms with Gasteiger partial charge in [0.25, 0.3) is 0 Å². The Kier molecular flexibility index (Phi) is 2.92. The highest BCUT2D eigenvalue weighted by molar-refractivity contribution is 9.10. The van der Waals surface area contributed by atoms with Gasteiger partial charge in [-0.15, -0.1) is 0 Å². The highest BCUT2D eigenvalue weighted by atomic mass is 79.9. The number of phenolic OH excluding ortho intramolecular Hbond substituents is 1. The maximum absolute atomic E-state index is 13.5. The molecule has 2 aromatic carbocycles. The van der Waals surface area contributed by atoms with E-state index in [0.717, 1.165) is 18.2 Å². The van der Waals surface area contributed by atoms with E-state index in [1.807, 2.05) is 0 Å². The minimum Gasteiger partial charge on any atom is -0.508 e. The first-order chi connectivity index (χ1) is 7.56. The van der Waals surface area contributed by atoms with Crippen LogP contribution in [0.15, 0.2) is 40.9 Å². The molecule has 0 radical (unpaired) electrons. The van der Waals surface area contributed by atoms with Gasteiger partial charge in [-0.1, -0.05) is 15.9 Å². The number of hydrogen-bond acceptors (Lipinski definition) is 1. The zero-order valence-electron chi connectivity index (χ0n) is 8.05. The van der Waals surface area contributed by atoms with Crippen LogP contribution in [0.2, 0.25) is 0 Å². The molecule has 0 aliphatic rings. The SMILES string of the molecule is Oc1cc(Br)cc(-c2cc(F)ccc2F)c1. The van der Waals surface area contributed by atoms with Crippen LogP contribution in [0.3, 0.4) is 0 Å². The van der Waals surface area contributed by atoms with Crippen LogP contribution in [0.1, 0.15) is 0 Å². The summed E-state index contributed by atoms with van der Waals surface area (Å²) >= 11 is 3.18. The van der Waals surface area contributed by atoms with Crippen molar-refractivity contribution in [2.24, 2.45) is 0 Å². The Morgan fingerprint density at radius 2 is 1.75 bits per heavy atom. The maximum atomic E-state index is 13.5. The average molecular weight is 285 g/mol. The first kappa shape index (κ1) is 11.1. The van der Waals surface area contributed by atoms with Gasteiger partial charge in [-0.3, -0.25) is 0 Å². The van der Waals surface area contributed by atoms with Crippen molar-refractivity contribution >= 4 is 15.9 Å². The van der Waals surface area contributed by atoms with Gasteiger partial charge in [0.15, 0.2) is 0 Å². The number of phenols is 1. The number of hydrogen-bond donors (Lipinski definition) is 1. The summed E-state index contributed by atoms with van der Waals surface area (Å²) in [4.78, 5) is 0. The third kappa shape index (κ3) is 2.22. The smallest absolute Gasteiger partial charge is 0.131 e. The average Bonchev–Trinajstić information content (AvgIpc) is 2.20. The summed E-state index contributed by atoms with van der Waals surface area (Å²) < 4.78 is 27.1. The van der Waals surface area contributed by atoms with Crippen LogP contribution in [0, 0.1) is 11.6 Å². The molecule has 0 heterocycles. The molecule has 16 heavy (non-hydrogen) atoms. The summed E-state index contributed by atoms with van der Waals surface area (Å²) in [6.45, 7) is 0. The monoisotopic (exact) mass is 284 g/mol. The summed E-state index contributed by atoms with van der Waals surface area (Å²) in [5, 5.41) is 9.37. The van der Waals surface area contributed by atoms with E-state index < -0.39 is 11.6 Å².